The van der Waals surface area contributed by atoms with Gasteiger partial charge in [0.2, 0.25) is 11.8 Å². The zero-order valence-corrected chi connectivity index (χ0v) is 33.5. The van der Waals surface area contributed by atoms with Gasteiger partial charge in [0, 0.05) is 92.5 Å². The van der Waals surface area contributed by atoms with E-state index >= 15 is 0 Å². The van der Waals surface area contributed by atoms with E-state index in [0.717, 1.165) is 87.0 Å². The molecule has 3 aliphatic carbocycles. The second-order valence-electron chi connectivity index (χ2n) is 10.5. The van der Waals surface area contributed by atoms with Gasteiger partial charge in [-0.2, -0.15) is 14.9 Å². The van der Waals surface area contributed by atoms with Crippen LogP contribution in [0, 0.1) is 0 Å². The Labute approximate surface area is 331 Å². The standard InChI is InChI=1S/2C10H15N3O.C8H13N3.C2H3ClO2.3C2H6.10H2/c1-3-11-10-8-5-4-6-9(8)13(12-10)7(2)14;1-3-11-10-8-5-4-6-9(8)12-13(10)7(2)14;1-2-9-8-6-4-3-5-7(6)10-11-8;1-5-2(3)4;3*1-2;;;;;;;;;;/h3-6H2,1-2H3,(H,11,12);11H,3-6H2,1-2H3;2-5H2,1H3,(H2,9,10,11);1H3;3*1-2H3;10*1H/i;;;;;;;7*1+2T;;;. The van der Waals surface area contributed by atoms with Crippen molar-refractivity contribution in [2.75, 3.05) is 42.7 Å². The van der Waals surface area contributed by atoms with Crippen molar-refractivity contribution >= 4 is 46.3 Å². The van der Waals surface area contributed by atoms with Crippen molar-refractivity contribution in [2.45, 2.75) is 134 Å². The molecule has 0 aliphatic heterocycles. The van der Waals surface area contributed by atoms with Crippen LogP contribution in [0.2, 0.25) is 0 Å². The minimum atomic E-state index is -0.773. The third-order valence-electron chi connectivity index (χ3n) is 7.43. The molecule has 3 aromatic rings. The highest BCUT2D eigenvalue weighted by Gasteiger charge is 2.24. The van der Waals surface area contributed by atoms with Crippen molar-refractivity contribution in [1.29, 1.82) is 0 Å². The van der Waals surface area contributed by atoms with Crippen molar-refractivity contribution in [3.05, 3.63) is 33.8 Å². The molecule has 3 heterocycles. The van der Waals surface area contributed by atoms with Crippen LogP contribution in [0.4, 0.5) is 22.2 Å². The van der Waals surface area contributed by atoms with Crippen LogP contribution >= 0.6 is 11.6 Å². The Hall–Kier alpha value is -3.87. The summed E-state index contributed by atoms with van der Waals surface area (Å²) in [4.78, 5) is 32.0. The molecule has 0 bridgehead atoms. The highest BCUT2D eigenvalue weighted by atomic mass is 35.5. The number of aromatic amines is 1. The molecule has 0 atom stereocenters. The van der Waals surface area contributed by atoms with Gasteiger partial charge in [0.1, 0.15) is 5.82 Å². The van der Waals surface area contributed by atoms with Gasteiger partial charge in [0.05, 0.1) is 18.5 Å². The van der Waals surface area contributed by atoms with E-state index in [1.807, 2.05) is 55.4 Å². The zero-order chi connectivity index (χ0) is 52.2. The topological polar surface area (TPSA) is 161 Å². The van der Waals surface area contributed by atoms with E-state index in [9.17, 15) is 14.4 Å². The summed E-state index contributed by atoms with van der Waals surface area (Å²) in [5, 5.41) is 25.5. The molecular formula is C36H84ClN9O4. The molecule has 6 rings (SSSR count). The molecule has 13 nitrogen and oxygen atoms in total. The molecule has 3 aromatic heterocycles. The average Bonchev–Trinajstić information content (AvgIpc) is 4.24. The minimum absolute atomic E-state index is 0. The van der Waals surface area contributed by atoms with Crippen molar-refractivity contribution in [2.24, 2.45) is 0 Å². The predicted molar refractivity (Wildman–Crippen MR) is 228 cm³/mol. The fourth-order valence-corrected chi connectivity index (χ4v) is 5.61. The SMILES string of the molecule is CC.CC.CC.CCNc1c2c(nn1C(C)=O)CCC2.CCNc1n[nH]c2c1CCC2.CCNc1nn(C(C)=O)c2c1CCC2.COC(=O)Cl.[3H][3H].[3H][3H].[3H][3H].[3H][3H].[3H][3H].[3H][3H].[3H][3H].[HH].[HH].[HH]. The average molecular weight is 771 g/mol. The van der Waals surface area contributed by atoms with Crippen LogP contribution in [-0.4, -0.2) is 73.7 Å². The van der Waals surface area contributed by atoms with Crippen molar-refractivity contribution in [1.82, 2.24) is 29.8 Å². The number of hydrogen-bond acceptors (Lipinski definition) is 10. The van der Waals surface area contributed by atoms with E-state index < -0.39 is 5.43 Å². The Morgan fingerprint density at radius 3 is 1.80 bits per heavy atom. The number of methoxy groups -OCH3 is 1. The summed E-state index contributed by atoms with van der Waals surface area (Å²) in [5.41, 5.74) is 6.64. The van der Waals surface area contributed by atoms with Gasteiger partial charge >= 0.3 is 5.43 Å². The molecule has 4 N–H and O–H groups in total. The number of halogens is 1. The van der Waals surface area contributed by atoms with Gasteiger partial charge in [-0.25, -0.2) is 9.48 Å². The first kappa shape index (κ1) is 34.6. The van der Waals surface area contributed by atoms with Gasteiger partial charge in [-0.3, -0.25) is 14.7 Å². The molecule has 304 valence electrons. The number of hydrogen-bond donors (Lipinski definition) is 4. The molecule has 0 saturated heterocycles. The van der Waals surface area contributed by atoms with Crippen molar-refractivity contribution in [3.63, 3.8) is 0 Å². The van der Waals surface area contributed by atoms with Crippen molar-refractivity contribution < 1.29 is 44.2 Å². The van der Waals surface area contributed by atoms with E-state index in [1.54, 1.807) is 18.5 Å². The van der Waals surface area contributed by atoms with Gasteiger partial charge in [0.25, 0.3) is 0 Å². The quantitative estimate of drug-likeness (QED) is 0.178. The molecule has 0 spiro atoms. The maximum Gasteiger partial charge on any atom is 0.403 e. The number of fused-ring (bicyclic) bond motifs is 3. The maximum atomic E-state index is 11.3. The Morgan fingerprint density at radius 2 is 1.26 bits per heavy atom. The van der Waals surface area contributed by atoms with E-state index in [2.05, 4.69) is 59.6 Å². The molecule has 3 aliphatic rings. The molecule has 0 fully saturated rings. The Balaban J connectivity index is -0.0000000621. The summed E-state index contributed by atoms with van der Waals surface area (Å²) >= 11 is 4.60. The summed E-state index contributed by atoms with van der Waals surface area (Å²) < 4.78 is 76.9. The number of anilines is 3. The van der Waals surface area contributed by atoms with Crippen molar-refractivity contribution in [3.8, 4) is 0 Å². The van der Waals surface area contributed by atoms with Gasteiger partial charge in [-0.15, -0.1) is 5.10 Å². The van der Waals surface area contributed by atoms with E-state index in [0.29, 0.717) is 0 Å². The second kappa shape index (κ2) is 26.0. The highest BCUT2D eigenvalue weighted by molar-refractivity contribution is 6.61. The van der Waals surface area contributed by atoms with Crippen LogP contribution in [0.25, 0.3) is 0 Å². The number of aryl methyl sites for hydroxylation is 2. The smallest absolute Gasteiger partial charge is 0.403 e. The third-order valence-corrected chi connectivity index (χ3v) is 7.59. The molecule has 50 heavy (non-hydrogen) atoms. The summed E-state index contributed by atoms with van der Waals surface area (Å²) in [6, 6.07) is 0. The van der Waals surface area contributed by atoms with Crippen LogP contribution in [-0.2, 0) is 43.3 Å². The lowest BCUT2D eigenvalue weighted by Crippen LogP contribution is -2.14. The highest BCUT2D eigenvalue weighted by Crippen LogP contribution is 2.29. The number of carbonyl (C=O) groups is 3. The normalized spacial score (nSPS) is 13.4. The Kier molecular flexibility index (Phi) is 18.0. The summed E-state index contributed by atoms with van der Waals surface area (Å²) in [6.07, 6.45) is 10.0. The summed E-state index contributed by atoms with van der Waals surface area (Å²) in [6.45, 7) is 23.9. The molecule has 0 amide bonds. The minimum Gasteiger partial charge on any atom is -0.457 e. The van der Waals surface area contributed by atoms with E-state index in [4.69, 9.17) is 20.8 Å². The molecule has 0 unspecified atom stereocenters. The number of ether oxygens (including phenoxy) is 1. The largest absolute Gasteiger partial charge is 0.457 e. The number of aromatic nitrogens is 6. The van der Waals surface area contributed by atoms with E-state index in [1.165, 1.54) is 53.4 Å². The predicted octanol–water partition coefficient (Wildman–Crippen LogP) is 10.8. The Morgan fingerprint density at radius 1 is 0.760 bits per heavy atom. The monoisotopic (exact) mass is 770 g/mol. The lowest BCUT2D eigenvalue weighted by atomic mass is 10.2. The number of rotatable bonds is 6. The molecular weight excluding hydrogens is 658 g/mol. The molecule has 0 saturated carbocycles. The van der Waals surface area contributed by atoms with Gasteiger partial charge < -0.3 is 20.7 Å². The number of H-pyrrole nitrogens is 1. The van der Waals surface area contributed by atoms with E-state index in [-0.39, 0.29) is 16.1 Å². The van der Waals surface area contributed by atoms with Crippen LogP contribution < -0.4 is 16.0 Å². The summed E-state index contributed by atoms with van der Waals surface area (Å²) in [5.74, 6) is 2.87. The number of nitrogens with zero attached hydrogens (tertiary/aromatic N) is 5. The first-order valence-electron chi connectivity index (χ1n) is 25.4. The molecule has 0 aromatic carbocycles. The zero-order valence-electron chi connectivity index (χ0n) is 46.7. The Bertz CT molecular complexity index is 1480. The van der Waals surface area contributed by atoms with Crippen LogP contribution in [0.1, 0.15) is 164 Å². The van der Waals surface area contributed by atoms with Gasteiger partial charge in [-0.1, -0.05) is 41.5 Å². The van der Waals surface area contributed by atoms with Crippen LogP contribution in [0.3, 0.4) is 0 Å². The second-order valence-corrected chi connectivity index (χ2v) is 10.8. The first-order chi connectivity index (χ1) is 31.2. The molecule has 14 heteroatoms. The fourth-order valence-electron chi connectivity index (χ4n) is 5.61. The number of carbonyl (C=O) groups excluding carboxylic acids is 3. The molecule has 0 radical (unpaired) electrons. The summed E-state index contributed by atoms with van der Waals surface area (Å²) in [7, 11) is 1.22. The van der Waals surface area contributed by atoms with Crippen LogP contribution in [0.15, 0.2) is 0 Å². The third kappa shape index (κ3) is 13.4. The maximum absolute atomic E-state index is 11.3. The lowest BCUT2D eigenvalue weighted by molar-refractivity contribution is 0.0911. The number of nitrogens with one attached hydrogen (secondary N) is 4. The van der Waals surface area contributed by atoms with Crippen LogP contribution in [0.5, 0.6) is 0 Å². The van der Waals surface area contributed by atoms with Gasteiger partial charge in [-0.05, 0) is 78.6 Å². The lowest BCUT2D eigenvalue weighted by Gasteiger charge is -2.06. The van der Waals surface area contributed by atoms with Gasteiger partial charge in [0.15, 0.2) is 11.6 Å². The fraction of sp³-hybridized carbons (Fsp3) is 0.667. The first-order valence-corrected chi connectivity index (χ1v) is 18.8.